The van der Waals surface area contributed by atoms with Gasteiger partial charge in [0.1, 0.15) is 0 Å². The molecule has 19 heavy (non-hydrogen) atoms. The van der Waals surface area contributed by atoms with Gasteiger partial charge in [-0.3, -0.25) is 0 Å². The van der Waals surface area contributed by atoms with Crippen molar-refractivity contribution < 1.29 is 16.8 Å². The lowest BCUT2D eigenvalue weighted by Gasteiger charge is -2.33. The van der Waals surface area contributed by atoms with Crippen LogP contribution in [0.1, 0.15) is 19.3 Å². The van der Waals surface area contributed by atoms with Gasteiger partial charge in [0.15, 0.2) is 0 Å². The number of hydrogen-bond donors (Lipinski definition) is 1. The highest BCUT2D eigenvalue weighted by Gasteiger charge is 2.32. The molecule has 0 aliphatic heterocycles. The van der Waals surface area contributed by atoms with Crippen molar-refractivity contribution in [1.82, 2.24) is 4.31 Å². The van der Waals surface area contributed by atoms with Gasteiger partial charge in [-0.2, -0.15) is 4.31 Å². The maximum absolute atomic E-state index is 12.3. The molecule has 1 aliphatic carbocycles. The van der Waals surface area contributed by atoms with Gasteiger partial charge in [-0.15, -0.1) is 0 Å². The van der Waals surface area contributed by atoms with Crippen LogP contribution in [0.25, 0.3) is 0 Å². The van der Waals surface area contributed by atoms with E-state index in [4.69, 9.17) is 5.14 Å². The third-order valence-electron chi connectivity index (χ3n) is 3.40. The quantitative estimate of drug-likeness (QED) is 0.876. The van der Waals surface area contributed by atoms with Gasteiger partial charge in [-0.25, -0.2) is 22.0 Å². The third-order valence-corrected chi connectivity index (χ3v) is 6.22. The first-order valence-corrected chi connectivity index (χ1v) is 8.82. The van der Waals surface area contributed by atoms with Crippen LogP contribution in [0, 0.1) is 0 Å². The minimum Gasteiger partial charge on any atom is -0.225 e. The van der Waals surface area contributed by atoms with Gasteiger partial charge in [0.25, 0.3) is 0 Å². The van der Waals surface area contributed by atoms with Gasteiger partial charge >= 0.3 is 0 Å². The molecule has 0 heterocycles. The molecule has 1 aromatic rings. The van der Waals surface area contributed by atoms with Crippen molar-refractivity contribution in [2.45, 2.75) is 35.1 Å². The molecule has 8 heteroatoms. The van der Waals surface area contributed by atoms with Crippen LogP contribution in [0.5, 0.6) is 0 Å². The van der Waals surface area contributed by atoms with Crippen molar-refractivity contribution in [3.05, 3.63) is 24.3 Å². The molecule has 0 atom stereocenters. The van der Waals surface area contributed by atoms with Crippen molar-refractivity contribution >= 4 is 20.0 Å². The summed E-state index contributed by atoms with van der Waals surface area (Å²) in [5.74, 6) is 0. The fraction of sp³-hybridized carbons (Fsp3) is 0.455. The second kappa shape index (κ2) is 4.86. The lowest BCUT2D eigenvalue weighted by atomic mass is 9.94. The molecule has 2 N–H and O–H groups in total. The first kappa shape index (κ1) is 14.4. The summed E-state index contributed by atoms with van der Waals surface area (Å²) in [6, 6.07) is 5.13. The minimum atomic E-state index is -3.91. The average molecular weight is 304 g/mol. The Kier molecular flexibility index (Phi) is 3.69. The number of hydrogen-bond acceptors (Lipinski definition) is 4. The lowest BCUT2D eigenvalue weighted by Crippen LogP contribution is -2.41. The molecule has 2 rings (SSSR count). The Balaban J connectivity index is 2.40. The summed E-state index contributed by atoms with van der Waals surface area (Å²) in [7, 11) is -6.06. The number of rotatable bonds is 4. The van der Waals surface area contributed by atoms with Crippen LogP contribution in [0.4, 0.5) is 0 Å². The average Bonchev–Trinajstić information content (AvgIpc) is 2.25. The summed E-state index contributed by atoms with van der Waals surface area (Å²) in [5, 5.41) is 5.01. The first-order chi connectivity index (χ1) is 8.73. The molecule has 0 amide bonds. The Labute approximate surface area is 113 Å². The van der Waals surface area contributed by atoms with E-state index in [1.165, 1.54) is 29.6 Å². The fourth-order valence-corrected chi connectivity index (χ4v) is 4.02. The molecule has 106 valence electrons. The molecule has 0 spiro atoms. The second-order valence-electron chi connectivity index (χ2n) is 4.63. The zero-order valence-corrected chi connectivity index (χ0v) is 12.1. The Morgan fingerprint density at radius 2 is 1.74 bits per heavy atom. The van der Waals surface area contributed by atoms with E-state index in [1.54, 1.807) is 0 Å². The summed E-state index contributed by atoms with van der Waals surface area (Å²) in [6.45, 7) is 0. The van der Waals surface area contributed by atoms with Crippen molar-refractivity contribution in [2.24, 2.45) is 5.14 Å². The van der Waals surface area contributed by atoms with Gasteiger partial charge in [-0.1, -0.05) is 12.5 Å². The van der Waals surface area contributed by atoms with E-state index in [-0.39, 0.29) is 15.8 Å². The van der Waals surface area contributed by atoms with E-state index >= 15 is 0 Å². The molecular weight excluding hydrogens is 288 g/mol. The van der Waals surface area contributed by atoms with Crippen molar-refractivity contribution in [1.29, 1.82) is 0 Å². The maximum atomic E-state index is 12.3. The van der Waals surface area contributed by atoms with Gasteiger partial charge in [0.05, 0.1) is 9.79 Å². The van der Waals surface area contributed by atoms with E-state index in [0.717, 1.165) is 25.3 Å². The van der Waals surface area contributed by atoms with Crippen LogP contribution in [0.15, 0.2) is 34.1 Å². The topological polar surface area (TPSA) is 97.5 Å². The van der Waals surface area contributed by atoms with Crippen LogP contribution >= 0.6 is 0 Å². The van der Waals surface area contributed by atoms with E-state index < -0.39 is 20.0 Å². The highest BCUT2D eigenvalue weighted by molar-refractivity contribution is 7.90. The summed E-state index contributed by atoms with van der Waals surface area (Å²) in [4.78, 5) is -0.246. The first-order valence-electron chi connectivity index (χ1n) is 5.84. The molecule has 0 saturated heterocycles. The van der Waals surface area contributed by atoms with Gasteiger partial charge < -0.3 is 0 Å². The Morgan fingerprint density at radius 1 is 1.16 bits per heavy atom. The van der Waals surface area contributed by atoms with E-state index in [9.17, 15) is 16.8 Å². The summed E-state index contributed by atoms with van der Waals surface area (Å²) >= 11 is 0. The molecule has 0 aromatic heterocycles. The zero-order chi connectivity index (χ0) is 14.3. The maximum Gasteiger partial charge on any atom is 0.243 e. The molecular formula is C11H16N2O4S2. The minimum absolute atomic E-state index is 0.00291. The molecule has 1 aliphatic rings. The summed E-state index contributed by atoms with van der Waals surface area (Å²) in [6.07, 6.45) is 2.69. The zero-order valence-electron chi connectivity index (χ0n) is 10.5. The Morgan fingerprint density at radius 3 is 2.21 bits per heavy atom. The van der Waals surface area contributed by atoms with Crippen molar-refractivity contribution in [2.75, 3.05) is 7.05 Å². The normalized spacial score (nSPS) is 17.4. The van der Waals surface area contributed by atoms with E-state index in [2.05, 4.69) is 0 Å². The molecule has 0 unspecified atom stereocenters. The molecule has 1 fully saturated rings. The van der Waals surface area contributed by atoms with Crippen molar-refractivity contribution in [3.63, 3.8) is 0 Å². The standard InChI is InChI=1S/C11H16N2O4S2/c1-13(9-4-2-5-9)19(16,17)11-7-3-6-10(8-11)18(12,14)15/h3,6-9H,2,4-5H2,1H3,(H2,12,14,15). The van der Waals surface area contributed by atoms with Crippen LogP contribution in [-0.2, 0) is 20.0 Å². The highest BCUT2D eigenvalue weighted by Crippen LogP contribution is 2.28. The van der Waals surface area contributed by atoms with Gasteiger partial charge in [-0.05, 0) is 31.0 Å². The number of nitrogens with zero attached hydrogens (tertiary/aromatic N) is 1. The summed E-state index contributed by atoms with van der Waals surface area (Å²) < 4.78 is 48.5. The predicted molar refractivity (Wildman–Crippen MR) is 70.4 cm³/mol. The molecule has 0 bridgehead atoms. The lowest BCUT2D eigenvalue weighted by molar-refractivity contribution is 0.249. The summed E-state index contributed by atoms with van der Waals surface area (Å²) in [5.41, 5.74) is 0. The largest absolute Gasteiger partial charge is 0.243 e. The van der Waals surface area contributed by atoms with Crippen LogP contribution in [0.3, 0.4) is 0 Å². The van der Waals surface area contributed by atoms with Gasteiger partial charge in [0, 0.05) is 13.1 Å². The van der Waals surface area contributed by atoms with Crippen LogP contribution in [-0.4, -0.2) is 34.2 Å². The fourth-order valence-electron chi connectivity index (χ4n) is 1.92. The molecule has 0 radical (unpaired) electrons. The van der Waals surface area contributed by atoms with E-state index in [0.29, 0.717) is 0 Å². The third kappa shape index (κ3) is 2.81. The number of benzene rings is 1. The highest BCUT2D eigenvalue weighted by atomic mass is 32.2. The number of sulfonamides is 2. The second-order valence-corrected chi connectivity index (χ2v) is 8.18. The van der Waals surface area contributed by atoms with Crippen molar-refractivity contribution in [3.8, 4) is 0 Å². The monoisotopic (exact) mass is 304 g/mol. The molecule has 1 aromatic carbocycles. The number of nitrogens with two attached hydrogens (primary N) is 1. The Bertz CT molecular complexity index is 678. The van der Waals surface area contributed by atoms with Gasteiger partial charge in [0.2, 0.25) is 20.0 Å². The Hall–Kier alpha value is -0.960. The molecule has 1 saturated carbocycles. The predicted octanol–water partition coefficient (Wildman–Crippen LogP) is 0.507. The van der Waals surface area contributed by atoms with Crippen LogP contribution < -0.4 is 5.14 Å². The molecule has 6 nitrogen and oxygen atoms in total. The smallest absolute Gasteiger partial charge is 0.225 e. The number of primary sulfonamides is 1. The van der Waals surface area contributed by atoms with Crippen LogP contribution in [0.2, 0.25) is 0 Å². The SMILES string of the molecule is CN(C1CCC1)S(=O)(=O)c1cccc(S(N)(=O)=O)c1. The van der Waals surface area contributed by atoms with E-state index in [1.807, 2.05) is 0 Å².